The van der Waals surface area contributed by atoms with Crippen molar-refractivity contribution < 1.29 is 24.0 Å². The molecule has 126 valence electrons. The smallest absolute Gasteiger partial charge is 0.338 e. The minimum absolute atomic E-state index is 0. The largest absolute Gasteiger partial charge is 0.465 e. The molecule has 1 aromatic carbocycles. The van der Waals surface area contributed by atoms with Gasteiger partial charge in [-0.15, -0.1) is 12.4 Å². The van der Waals surface area contributed by atoms with E-state index in [0.717, 1.165) is 6.07 Å². The van der Waals surface area contributed by atoms with Gasteiger partial charge in [0.2, 0.25) is 0 Å². The lowest BCUT2D eigenvalue weighted by Crippen LogP contribution is -2.45. The number of non-ortho nitro benzene ring substituents is 1. The van der Waals surface area contributed by atoms with Crippen LogP contribution in [0.4, 0.5) is 11.4 Å². The first-order valence-electron chi connectivity index (χ1n) is 6.52. The number of esters is 1. The number of hydrogen-bond acceptors (Lipinski definition) is 7. The van der Waals surface area contributed by atoms with Gasteiger partial charge in [0.15, 0.2) is 0 Å². The number of hydrogen-bond donors (Lipinski definition) is 2. The van der Waals surface area contributed by atoms with Crippen molar-refractivity contribution in [3.05, 3.63) is 33.9 Å². The Balaban J connectivity index is 0.00000264. The SMILES string of the molecule is COC(=O)c1cc(NC(=O)C2CNCCO2)cc([N+](=O)[O-])c1.Cl. The summed E-state index contributed by atoms with van der Waals surface area (Å²) in [7, 11) is 1.17. The fourth-order valence-corrected chi connectivity index (χ4v) is 1.98. The van der Waals surface area contributed by atoms with Gasteiger partial charge in [-0.2, -0.15) is 0 Å². The third-order valence-electron chi connectivity index (χ3n) is 3.04. The fraction of sp³-hybridized carbons (Fsp3) is 0.385. The summed E-state index contributed by atoms with van der Waals surface area (Å²) in [6, 6.07) is 3.56. The zero-order valence-electron chi connectivity index (χ0n) is 12.2. The lowest BCUT2D eigenvalue weighted by atomic mass is 10.1. The van der Waals surface area contributed by atoms with Crippen LogP contribution in [0.3, 0.4) is 0 Å². The molecule has 2 N–H and O–H groups in total. The Labute approximate surface area is 137 Å². The standard InChI is InChI=1S/C13H15N3O6.ClH/c1-21-13(18)8-4-9(6-10(5-8)16(19)20)15-12(17)11-7-14-2-3-22-11;/h4-6,11,14H,2-3,7H2,1H3,(H,15,17);1H. The number of rotatable bonds is 4. The molecule has 2 rings (SSSR count). The van der Waals surface area contributed by atoms with Gasteiger partial charge >= 0.3 is 5.97 Å². The van der Waals surface area contributed by atoms with Crippen molar-refractivity contribution in [1.82, 2.24) is 5.32 Å². The molecule has 0 saturated carbocycles. The highest BCUT2D eigenvalue weighted by Gasteiger charge is 2.23. The maximum atomic E-state index is 12.0. The highest BCUT2D eigenvalue weighted by Crippen LogP contribution is 2.22. The first kappa shape index (κ1) is 18.8. The molecule has 0 aromatic heterocycles. The van der Waals surface area contributed by atoms with Gasteiger partial charge in [0.25, 0.3) is 11.6 Å². The first-order chi connectivity index (χ1) is 10.5. The molecule has 1 fully saturated rings. The summed E-state index contributed by atoms with van der Waals surface area (Å²) in [6.07, 6.45) is -0.686. The molecule has 1 aliphatic heterocycles. The van der Waals surface area contributed by atoms with E-state index >= 15 is 0 Å². The number of anilines is 1. The van der Waals surface area contributed by atoms with Gasteiger partial charge in [-0.3, -0.25) is 14.9 Å². The van der Waals surface area contributed by atoms with Crippen molar-refractivity contribution in [2.75, 3.05) is 32.1 Å². The van der Waals surface area contributed by atoms with E-state index in [2.05, 4.69) is 15.4 Å². The number of amides is 1. The van der Waals surface area contributed by atoms with Gasteiger partial charge in [-0.25, -0.2) is 4.79 Å². The van der Waals surface area contributed by atoms with Crippen LogP contribution in [0.5, 0.6) is 0 Å². The second kappa shape index (κ2) is 8.42. The van der Waals surface area contributed by atoms with Crippen molar-refractivity contribution in [3.8, 4) is 0 Å². The Morgan fingerprint density at radius 2 is 2.17 bits per heavy atom. The van der Waals surface area contributed by atoms with E-state index in [9.17, 15) is 19.7 Å². The summed E-state index contributed by atoms with van der Waals surface area (Å²) in [5.74, 6) is -1.17. The van der Waals surface area contributed by atoms with Gasteiger partial charge in [0.1, 0.15) is 6.10 Å². The van der Waals surface area contributed by atoms with Crippen LogP contribution in [0, 0.1) is 10.1 Å². The fourth-order valence-electron chi connectivity index (χ4n) is 1.98. The second-order valence-corrected chi connectivity index (χ2v) is 4.57. The van der Waals surface area contributed by atoms with Gasteiger partial charge in [0.05, 0.1) is 24.2 Å². The number of halogens is 1. The molecule has 1 aliphatic rings. The van der Waals surface area contributed by atoms with E-state index < -0.39 is 22.9 Å². The number of nitro groups is 1. The number of benzene rings is 1. The van der Waals surface area contributed by atoms with E-state index in [-0.39, 0.29) is 29.3 Å². The third kappa shape index (κ3) is 4.88. The van der Waals surface area contributed by atoms with E-state index in [1.54, 1.807) is 0 Å². The second-order valence-electron chi connectivity index (χ2n) is 4.57. The molecule has 1 amide bonds. The van der Waals surface area contributed by atoms with Crippen LogP contribution in [0.15, 0.2) is 18.2 Å². The summed E-state index contributed by atoms with van der Waals surface area (Å²) < 4.78 is 9.83. The van der Waals surface area contributed by atoms with Crippen LogP contribution < -0.4 is 10.6 Å². The predicted octanol–water partition coefficient (Wildman–Crippen LogP) is 0.730. The number of nitro benzene ring substituents is 1. The summed E-state index contributed by atoms with van der Waals surface area (Å²) in [5.41, 5.74) is -0.204. The highest BCUT2D eigenvalue weighted by atomic mass is 35.5. The number of nitrogens with zero attached hydrogens (tertiary/aromatic N) is 1. The molecule has 23 heavy (non-hydrogen) atoms. The first-order valence-corrected chi connectivity index (χ1v) is 6.52. The molecule has 1 heterocycles. The number of methoxy groups -OCH3 is 1. The zero-order valence-corrected chi connectivity index (χ0v) is 13.1. The quantitative estimate of drug-likeness (QED) is 0.469. The number of nitrogens with one attached hydrogen (secondary N) is 2. The molecule has 9 nitrogen and oxygen atoms in total. The topological polar surface area (TPSA) is 120 Å². The van der Waals surface area contributed by atoms with Crippen molar-refractivity contribution in [2.24, 2.45) is 0 Å². The molecular weight excluding hydrogens is 330 g/mol. The van der Waals surface area contributed by atoms with Crippen LogP contribution in [0.25, 0.3) is 0 Å². The van der Waals surface area contributed by atoms with E-state index in [1.165, 1.54) is 19.2 Å². The molecular formula is C13H16ClN3O6. The van der Waals surface area contributed by atoms with Gasteiger partial charge in [-0.05, 0) is 6.07 Å². The molecule has 10 heteroatoms. The number of ether oxygens (including phenoxy) is 2. The van der Waals surface area contributed by atoms with Gasteiger partial charge in [-0.1, -0.05) is 0 Å². The van der Waals surface area contributed by atoms with E-state index in [0.29, 0.717) is 19.7 Å². The Hall–Kier alpha value is -2.23. The molecule has 1 atom stereocenters. The maximum Gasteiger partial charge on any atom is 0.338 e. The van der Waals surface area contributed by atoms with E-state index in [1.807, 2.05) is 0 Å². The summed E-state index contributed by atoms with van der Waals surface area (Å²) >= 11 is 0. The minimum Gasteiger partial charge on any atom is -0.465 e. The third-order valence-corrected chi connectivity index (χ3v) is 3.04. The van der Waals surface area contributed by atoms with Crippen molar-refractivity contribution >= 4 is 35.7 Å². The van der Waals surface area contributed by atoms with Crippen LogP contribution in [-0.4, -0.2) is 49.7 Å². The van der Waals surface area contributed by atoms with Crippen molar-refractivity contribution in [1.29, 1.82) is 0 Å². The average Bonchev–Trinajstić information content (AvgIpc) is 2.54. The number of carbonyl (C=O) groups excluding carboxylic acids is 2. The van der Waals surface area contributed by atoms with Crippen LogP contribution >= 0.6 is 12.4 Å². The normalized spacial score (nSPS) is 16.8. The Morgan fingerprint density at radius 3 is 2.74 bits per heavy atom. The Morgan fingerprint density at radius 1 is 1.43 bits per heavy atom. The van der Waals surface area contributed by atoms with Crippen molar-refractivity contribution in [2.45, 2.75) is 6.10 Å². The Bertz CT molecular complexity index is 603. The summed E-state index contributed by atoms with van der Waals surface area (Å²) in [5, 5.41) is 16.4. The van der Waals surface area contributed by atoms with Gasteiger partial charge in [0, 0.05) is 30.9 Å². The van der Waals surface area contributed by atoms with Gasteiger partial charge < -0.3 is 20.1 Å². The Kier molecular flexibility index (Phi) is 6.89. The monoisotopic (exact) mass is 345 g/mol. The molecule has 0 spiro atoms. The molecule has 0 radical (unpaired) electrons. The van der Waals surface area contributed by atoms with Crippen LogP contribution in [0.2, 0.25) is 0 Å². The number of carbonyl (C=O) groups is 2. The molecule has 1 saturated heterocycles. The summed E-state index contributed by atoms with van der Waals surface area (Å²) in [4.78, 5) is 33.8. The average molecular weight is 346 g/mol. The van der Waals surface area contributed by atoms with Crippen LogP contribution in [0.1, 0.15) is 10.4 Å². The van der Waals surface area contributed by atoms with E-state index in [4.69, 9.17) is 4.74 Å². The minimum atomic E-state index is -0.727. The number of morpholine rings is 1. The summed E-state index contributed by atoms with van der Waals surface area (Å²) in [6.45, 7) is 1.41. The molecule has 0 aliphatic carbocycles. The molecule has 0 bridgehead atoms. The zero-order chi connectivity index (χ0) is 16.1. The van der Waals surface area contributed by atoms with Crippen molar-refractivity contribution in [3.63, 3.8) is 0 Å². The maximum absolute atomic E-state index is 12.0. The lowest BCUT2D eigenvalue weighted by molar-refractivity contribution is -0.384. The van der Waals surface area contributed by atoms with Crippen LogP contribution in [-0.2, 0) is 14.3 Å². The lowest BCUT2D eigenvalue weighted by Gasteiger charge is -2.22. The predicted molar refractivity (Wildman–Crippen MR) is 82.9 cm³/mol. The molecule has 1 unspecified atom stereocenters. The molecule has 1 aromatic rings. The highest BCUT2D eigenvalue weighted by molar-refractivity contribution is 5.97.